The van der Waals surface area contributed by atoms with Crippen molar-refractivity contribution in [3.8, 4) is 0 Å². The molecular formula is C28H35N3O2. The van der Waals surface area contributed by atoms with Gasteiger partial charge in [0.2, 0.25) is 0 Å². The first-order valence-electron chi connectivity index (χ1n) is 12.1. The Morgan fingerprint density at radius 2 is 1.58 bits per heavy atom. The lowest BCUT2D eigenvalue weighted by Crippen LogP contribution is -2.42. The van der Waals surface area contributed by atoms with Crippen LogP contribution in [0, 0.1) is 0 Å². The van der Waals surface area contributed by atoms with Gasteiger partial charge in [0.1, 0.15) is 5.76 Å². The van der Waals surface area contributed by atoms with E-state index in [2.05, 4.69) is 29.2 Å². The Morgan fingerprint density at radius 3 is 2.15 bits per heavy atom. The van der Waals surface area contributed by atoms with Crippen LogP contribution in [0.2, 0.25) is 0 Å². The number of carbonyl (C=O) groups is 1. The van der Waals surface area contributed by atoms with Crippen molar-refractivity contribution in [1.29, 1.82) is 0 Å². The minimum Gasteiger partial charge on any atom is -0.454 e. The number of nitrogens with two attached hydrogens (primary N) is 1. The minimum absolute atomic E-state index is 0.00970. The van der Waals surface area contributed by atoms with Gasteiger partial charge in [-0.05, 0) is 57.0 Å². The van der Waals surface area contributed by atoms with Crippen LogP contribution in [0.3, 0.4) is 0 Å². The molecule has 0 aliphatic carbocycles. The van der Waals surface area contributed by atoms with Gasteiger partial charge in [-0.2, -0.15) is 0 Å². The highest BCUT2D eigenvalue weighted by molar-refractivity contribution is 5.92. The Labute approximate surface area is 197 Å². The van der Waals surface area contributed by atoms with Crippen LogP contribution in [0.4, 0.5) is 0 Å². The van der Waals surface area contributed by atoms with E-state index in [1.807, 2.05) is 60.4 Å². The summed E-state index contributed by atoms with van der Waals surface area (Å²) in [5, 5.41) is 0. The van der Waals surface area contributed by atoms with E-state index >= 15 is 0 Å². The summed E-state index contributed by atoms with van der Waals surface area (Å²) in [5.74, 6) is 1.44. The standard InChI is InChI=1S/C22H29N3O2.C6H6/c1-16(23)20-9-10-21(27-20)22(26)25-14-18(17-7-3-2-4-8-17)13-19(25)15-24-11-5-6-12-24;1-2-4-6-5-3-1/h2-4,7-10,16,18-19H,5-6,11-15,23H2,1H3;1-6H. The fraction of sp³-hybridized carbons (Fsp3) is 0.393. The van der Waals surface area contributed by atoms with Gasteiger partial charge in [-0.25, -0.2) is 0 Å². The molecule has 2 saturated heterocycles. The summed E-state index contributed by atoms with van der Waals surface area (Å²) >= 11 is 0. The summed E-state index contributed by atoms with van der Waals surface area (Å²) < 4.78 is 5.75. The normalized spacial score (nSPS) is 21.5. The quantitative estimate of drug-likeness (QED) is 0.595. The molecule has 1 amide bonds. The number of amides is 1. The molecule has 2 aliphatic rings. The zero-order valence-electron chi connectivity index (χ0n) is 19.5. The van der Waals surface area contributed by atoms with Gasteiger partial charge in [0.15, 0.2) is 5.76 Å². The SMILES string of the molecule is CC(N)c1ccc(C(=O)N2CC(c3ccccc3)CC2CN2CCCC2)o1.c1ccccc1. The lowest BCUT2D eigenvalue weighted by Gasteiger charge is -2.27. The van der Waals surface area contributed by atoms with Crippen molar-refractivity contribution in [3.63, 3.8) is 0 Å². The number of carbonyl (C=O) groups excluding carboxylic acids is 1. The van der Waals surface area contributed by atoms with Crippen LogP contribution in [0.25, 0.3) is 0 Å². The van der Waals surface area contributed by atoms with Crippen LogP contribution in [-0.2, 0) is 0 Å². The third-order valence-corrected chi connectivity index (χ3v) is 6.57. The zero-order chi connectivity index (χ0) is 23.0. The summed E-state index contributed by atoms with van der Waals surface area (Å²) in [6.07, 6.45) is 3.53. The van der Waals surface area contributed by atoms with Crippen molar-refractivity contribution >= 4 is 5.91 Å². The zero-order valence-corrected chi connectivity index (χ0v) is 19.5. The third kappa shape index (κ3) is 6.12. The second-order valence-electron chi connectivity index (χ2n) is 9.11. The maximum atomic E-state index is 13.2. The second-order valence-corrected chi connectivity index (χ2v) is 9.11. The molecule has 3 heterocycles. The molecule has 33 heavy (non-hydrogen) atoms. The average molecular weight is 446 g/mol. The van der Waals surface area contributed by atoms with Crippen molar-refractivity contribution in [1.82, 2.24) is 9.80 Å². The van der Waals surface area contributed by atoms with E-state index in [1.165, 1.54) is 18.4 Å². The van der Waals surface area contributed by atoms with Crippen molar-refractivity contribution in [2.24, 2.45) is 5.73 Å². The van der Waals surface area contributed by atoms with Gasteiger partial charge in [-0.15, -0.1) is 0 Å². The summed E-state index contributed by atoms with van der Waals surface area (Å²) in [6, 6.07) is 26.2. The molecule has 2 aromatic carbocycles. The maximum absolute atomic E-state index is 13.2. The Bertz CT molecular complexity index is 954. The van der Waals surface area contributed by atoms with Gasteiger partial charge in [0, 0.05) is 25.0 Å². The summed E-state index contributed by atoms with van der Waals surface area (Å²) in [6.45, 7) is 5.85. The van der Waals surface area contributed by atoms with Crippen molar-refractivity contribution in [2.75, 3.05) is 26.2 Å². The van der Waals surface area contributed by atoms with E-state index in [9.17, 15) is 4.79 Å². The largest absolute Gasteiger partial charge is 0.454 e. The smallest absolute Gasteiger partial charge is 0.289 e. The molecular weight excluding hydrogens is 410 g/mol. The number of furan rings is 1. The summed E-state index contributed by atoms with van der Waals surface area (Å²) in [4.78, 5) is 17.7. The highest BCUT2D eigenvalue weighted by Crippen LogP contribution is 2.34. The first-order chi connectivity index (χ1) is 16.1. The number of nitrogens with zero attached hydrogens (tertiary/aromatic N) is 2. The van der Waals surface area contributed by atoms with Gasteiger partial charge in [0.25, 0.3) is 5.91 Å². The number of likely N-dealkylation sites (tertiary alicyclic amines) is 2. The summed E-state index contributed by atoms with van der Waals surface area (Å²) in [5.41, 5.74) is 7.20. The van der Waals surface area contributed by atoms with Crippen molar-refractivity contribution in [2.45, 2.75) is 44.2 Å². The van der Waals surface area contributed by atoms with E-state index in [-0.39, 0.29) is 18.0 Å². The second kappa shape index (κ2) is 11.3. The van der Waals surface area contributed by atoms with E-state index in [1.54, 1.807) is 6.07 Å². The van der Waals surface area contributed by atoms with Gasteiger partial charge in [-0.3, -0.25) is 4.79 Å². The Morgan fingerprint density at radius 1 is 0.970 bits per heavy atom. The molecule has 2 N–H and O–H groups in total. The first kappa shape index (κ1) is 23.3. The predicted octanol–water partition coefficient (Wildman–Crippen LogP) is 5.08. The molecule has 0 bridgehead atoms. The highest BCUT2D eigenvalue weighted by Gasteiger charge is 2.38. The highest BCUT2D eigenvalue weighted by atomic mass is 16.4. The Kier molecular flexibility index (Phi) is 7.97. The maximum Gasteiger partial charge on any atom is 0.289 e. The van der Waals surface area contributed by atoms with E-state index < -0.39 is 0 Å². The fourth-order valence-corrected chi connectivity index (χ4v) is 4.81. The molecule has 3 atom stereocenters. The molecule has 1 aromatic heterocycles. The van der Waals surface area contributed by atoms with E-state index in [4.69, 9.17) is 10.2 Å². The molecule has 0 radical (unpaired) electrons. The first-order valence-corrected chi connectivity index (χ1v) is 12.1. The average Bonchev–Trinajstić information content (AvgIpc) is 3.62. The lowest BCUT2D eigenvalue weighted by atomic mass is 9.96. The molecule has 3 unspecified atom stereocenters. The summed E-state index contributed by atoms with van der Waals surface area (Å²) in [7, 11) is 0. The van der Waals surface area contributed by atoms with Crippen molar-refractivity contribution < 1.29 is 9.21 Å². The Hall–Kier alpha value is -2.89. The van der Waals surface area contributed by atoms with Gasteiger partial charge in [0.05, 0.1) is 6.04 Å². The van der Waals surface area contributed by atoms with Crippen LogP contribution in [-0.4, -0.2) is 47.9 Å². The minimum atomic E-state index is -0.206. The number of hydrogen-bond acceptors (Lipinski definition) is 4. The molecule has 2 aliphatic heterocycles. The predicted molar refractivity (Wildman–Crippen MR) is 132 cm³/mol. The van der Waals surface area contributed by atoms with Gasteiger partial charge >= 0.3 is 0 Å². The monoisotopic (exact) mass is 445 g/mol. The van der Waals surface area contributed by atoms with Crippen LogP contribution in [0.5, 0.6) is 0 Å². The molecule has 3 aromatic rings. The number of hydrogen-bond donors (Lipinski definition) is 1. The molecule has 5 heteroatoms. The van der Waals surface area contributed by atoms with Gasteiger partial charge < -0.3 is 20.0 Å². The topological polar surface area (TPSA) is 62.7 Å². The van der Waals surface area contributed by atoms with Crippen LogP contribution in [0.15, 0.2) is 83.3 Å². The van der Waals surface area contributed by atoms with Crippen LogP contribution in [0.1, 0.15) is 60.0 Å². The molecule has 5 rings (SSSR count). The molecule has 0 saturated carbocycles. The van der Waals surface area contributed by atoms with E-state index in [0.29, 0.717) is 17.4 Å². The lowest BCUT2D eigenvalue weighted by molar-refractivity contribution is 0.0673. The van der Waals surface area contributed by atoms with E-state index in [0.717, 1.165) is 32.6 Å². The molecule has 174 valence electrons. The molecule has 2 fully saturated rings. The fourth-order valence-electron chi connectivity index (χ4n) is 4.81. The van der Waals surface area contributed by atoms with Gasteiger partial charge in [-0.1, -0.05) is 66.7 Å². The third-order valence-electron chi connectivity index (χ3n) is 6.57. The Balaban J connectivity index is 0.000000376. The molecule has 0 spiro atoms. The number of benzene rings is 2. The molecule has 5 nitrogen and oxygen atoms in total. The van der Waals surface area contributed by atoms with Crippen molar-refractivity contribution in [3.05, 3.63) is 95.9 Å². The number of rotatable bonds is 5. The van der Waals surface area contributed by atoms with Crippen LogP contribution >= 0.6 is 0 Å². The van der Waals surface area contributed by atoms with Crippen LogP contribution < -0.4 is 5.73 Å².